The van der Waals surface area contributed by atoms with Crippen LogP contribution in [0.1, 0.15) is 31.9 Å². The maximum atomic E-state index is 13.8. The van der Waals surface area contributed by atoms with Gasteiger partial charge in [-0.1, -0.05) is 66.2 Å². The van der Waals surface area contributed by atoms with Gasteiger partial charge in [0, 0.05) is 17.6 Å². The second-order valence-corrected chi connectivity index (χ2v) is 11.3. The first-order valence-electron chi connectivity index (χ1n) is 12.0. The molecule has 0 heterocycles. The van der Waals surface area contributed by atoms with Crippen LogP contribution in [0.25, 0.3) is 0 Å². The van der Waals surface area contributed by atoms with Gasteiger partial charge in [-0.3, -0.25) is 13.9 Å². The average molecular weight is 542 g/mol. The van der Waals surface area contributed by atoms with Crippen molar-refractivity contribution in [1.82, 2.24) is 10.2 Å². The molecule has 37 heavy (non-hydrogen) atoms. The summed E-state index contributed by atoms with van der Waals surface area (Å²) in [6.07, 6.45) is 0. The van der Waals surface area contributed by atoms with Crippen LogP contribution in [0.2, 0.25) is 5.02 Å². The Labute approximate surface area is 224 Å². The van der Waals surface area contributed by atoms with Crippen LogP contribution >= 0.6 is 11.6 Å². The fraction of sp³-hybridized carbons (Fsp3) is 0.286. The smallest absolute Gasteiger partial charge is 0.264 e. The molecule has 0 aliphatic heterocycles. The Balaban J connectivity index is 2.05. The topological polar surface area (TPSA) is 86.8 Å². The van der Waals surface area contributed by atoms with Gasteiger partial charge in [0.05, 0.1) is 10.6 Å². The van der Waals surface area contributed by atoms with Crippen molar-refractivity contribution in [1.29, 1.82) is 0 Å². The van der Waals surface area contributed by atoms with Crippen LogP contribution in [0, 0.1) is 6.92 Å². The minimum atomic E-state index is -4.13. The number of anilines is 1. The van der Waals surface area contributed by atoms with Crippen molar-refractivity contribution in [3.63, 3.8) is 0 Å². The van der Waals surface area contributed by atoms with E-state index in [-0.39, 0.29) is 23.4 Å². The summed E-state index contributed by atoms with van der Waals surface area (Å²) in [5.41, 5.74) is 1.64. The standard InChI is InChI=1S/C28H32ClN3O4S/c1-20(2)30-28(34)22(4)31(18-23-12-7-5-8-13-23)27(33)19-32(26-17-11-16-25(29)21(26)3)37(35,36)24-14-9-6-10-15-24/h5-17,20,22H,18-19H2,1-4H3,(H,30,34). The van der Waals surface area contributed by atoms with Crippen LogP contribution < -0.4 is 9.62 Å². The van der Waals surface area contributed by atoms with Gasteiger partial charge in [0.15, 0.2) is 0 Å². The third-order valence-electron chi connectivity index (χ3n) is 5.91. The number of hydrogen-bond acceptors (Lipinski definition) is 4. The molecule has 0 aliphatic rings. The maximum Gasteiger partial charge on any atom is 0.264 e. The molecule has 1 unspecified atom stereocenters. The van der Waals surface area contributed by atoms with E-state index in [0.717, 1.165) is 9.87 Å². The van der Waals surface area contributed by atoms with E-state index in [1.165, 1.54) is 17.0 Å². The molecule has 3 rings (SSSR count). The number of carbonyl (C=O) groups is 2. The predicted octanol–water partition coefficient (Wildman–Crippen LogP) is 4.79. The number of halogens is 1. The monoisotopic (exact) mass is 541 g/mol. The van der Waals surface area contributed by atoms with Crippen LogP contribution in [-0.2, 0) is 26.2 Å². The molecule has 3 aromatic carbocycles. The zero-order valence-electron chi connectivity index (χ0n) is 21.4. The number of carbonyl (C=O) groups excluding carboxylic acids is 2. The van der Waals surface area contributed by atoms with Gasteiger partial charge in [0.2, 0.25) is 11.8 Å². The van der Waals surface area contributed by atoms with Crippen LogP contribution in [0.5, 0.6) is 0 Å². The Kier molecular flexibility index (Phi) is 9.34. The van der Waals surface area contributed by atoms with E-state index < -0.39 is 28.5 Å². The first-order valence-corrected chi connectivity index (χ1v) is 13.8. The quantitative estimate of drug-likeness (QED) is 0.400. The van der Waals surface area contributed by atoms with Gasteiger partial charge < -0.3 is 10.2 Å². The number of hydrogen-bond donors (Lipinski definition) is 1. The number of benzene rings is 3. The fourth-order valence-electron chi connectivity index (χ4n) is 3.87. The number of amides is 2. The highest BCUT2D eigenvalue weighted by atomic mass is 35.5. The zero-order chi connectivity index (χ0) is 27.2. The third kappa shape index (κ3) is 6.90. The van der Waals surface area contributed by atoms with Crippen LogP contribution in [-0.4, -0.2) is 43.8 Å². The summed E-state index contributed by atoms with van der Waals surface area (Å²) in [4.78, 5) is 28.2. The van der Waals surface area contributed by atoms with Crippen molar-refractivity contribution in [2.45, 2.75) is 51.2 Å². The Morgan fingerprint density at radius 2 is 1.49 bits per heavy atom. The van der Waals surface area contributed by atoms with Gasteiger partial charge in [-0.2, -0.15) is 0 Å². The Morgan fingerprint density at radius 1 is 0.892 bits per heavy atom. The molecule has 0 aliphatic carbocycles. The van der Waals surface area contributed by atoms with Gasteiger partial charge in [0.25, 0.3) is 10.0 Å². The average Bonchev–Trinajstić information content (AvgIpc) is 2.88. The van der Waals surface area contributed by atoms with Crippen LogP contribution in [0.3, 0.4) is 0 Å². The zero-order valence-corrected chi connectivity index (χ0v) is 23.0. The molecule has 2 amide bonds. The lowest BCUT2D eigenvalue weighted by molar-refractivity contribution is -0.139. The summed E-state index contributed by atoms with van der Waals surface area (Å²) < 4.78 is 28.7. The summed E-state index contributed by atoms with van der Waals surface area (Å²) in [5.74, 6) is -0.843. The molecule has 0 radical (unpaired) electrons. The highest BCUT2D eigenvalue weighted by molar-refractivity contribution is 7.92. The molecule has 1 N–H and O–H groups in total. The molecule has 0 saturated carbocycles. The Morgan fingerprint density at radius 3 is 2.08 bits per heavy atom. The highest BCUT2D eigenvalue weighted by Crippen LogP contribution is 2.31. The van der Waals surface area contributed by atoms with E-state index >= 15 is 0 Å². The molecule has 0 saturated heterocycles. The second-order valence-electron chi connectivity index (χ2n) is 9.06. The van der Waals surface area contributed by atoms with E-state index in [9.17, 15) is 18.0 Å². The summed E-state index contributed by atoms with van der Waals surface area (Å²) in [6, 6.07) is 21.1. The fourth-order valence-corrected chi connectivity index (χ4v) is 5.53. The SMILES string of the molecule is Cc1c(Cl)cccc1N(CC(=O)N(Cc1ccccc1)C(C)C(=O)NC(C)C)S(=O)(=O)c1ccccc1. The van der Waals surface area contributed by atoms with Gasteiger partial charge in [-0.15, -0.1) is 0 Å². The largest absolute Gasteiger partial charge is 0.352 e. The van der Waals surface area contributed by atoms with Crippen LogP contribution in [0.4, 0.5) is 5.69 Å². The lowest BCUT2D eigenvalue weighted by Crippen LogP contribution is -2.52. The van der Waals surface area contributed by atoms with Crippen molar-refractivity contribution in [3.8, 4) is 0 Å². The van der Waals surface area contributed by atoms with Crippen molar-refractivity contribution >= 4 is 39.1 Å². The number of nitrogens with zero attached hydrogens (tertiary/aromatic N) is 2. The second kappa shape index (κ2) is 12.3. The molecule has 7 nitrogen and oxygen atoms in total. The van der Waals surface area contributed by atoms with E-state index in [0.29, 0.717) is 16.3 Å². The van der Waals surface area contributed by atoms with Crippen molar-refractivity contribution in [2.75, 3.05) is 10.8 Å². The molecule has 0 bridgehead atoms. The van der Waals surface area contributed by atoms with E-state index in [1.807, 2.05) is 44.2 Å². The normalized spacial score (nSPS) is 12.2. The lowest BCUT2D eigenvalue weighted by Gasteiger charge is -2.32. The third-order valence-corrected chi connectivity index (χ3v) is 8.10. The molecule has 196 valence electrons. The molecular weight excluding hydrogens is 510 g/mol. The first kappa shape index (κ1) is 28.2. The summed E-state index contributed by atoms with van der Waals surface area (Å²) in [6.45, 7) is 6.65. The Hall–Kier alpha value is -3.36. The molecule has 9 heteroatoms. The van der Waals surface area contributed by atoms with Gasteiger partial charge >= 0.3 is 0 Å². The van der Waals surface area contributed by atoms with E-state index in [4.69, 9.17) is 11.6 Å². The minimum Gasteiger partial charge on any atom is -0.352 e. The van der Waals surface area contributed by atoms with Gasteiger partial charge in [-0.25, -0.2) is 8.42 Å². The first-order chi connectivity index (χ1) is 17.5. The molecular formula is C28H32ClN3O4S. The summed E-state index contributed by atoms with van der Waals surface area (Å²) in [5, 5.41) is 3.22. The predicted molar refractivity (Wildman–Crippen MR) is 147 cm³/mol. The number of nitrogens with one attached hydrogen (secondary N) is 1. The lowest BCUT2D eigenvalue weighted by atomic mass is 10.1. The summed E-state index contributed by atoms with van der Waals surface area (Å²) >= 11 is 6.33. The molecule has 0 spiro atoms. The van der Waals surface area contributed by atoms with Crippen molar-refractivity contribution in [2.24, 2.45) is 0 Å². The van der Waals surface area contributed by atoms with Gasteiger partial charge in [0.1, 0.15) is 12.6 Å². The highest BCUT2D eigenvalue weighted by Gasteiger charge is 2.33. The Bertz CT molecular complexity index is 1330. The van der Waals surface area contributed by atoms with Crippen molar-refractivity contribution < 1.29 is 18.0 Å². The number of sulfonamides is 1. The number of rotatable bonds is 10. The molecule has 3 aromatic rings. The molecule has 0 aromatic heterocycles. The van der Waals surface area contributed by atoms with Crippen molar-refractivity contribution in [3.05, 3.63) is 95.0 Å². The van der Waals surface area contributed by atoms with E-state index in [2.05, 4.69) is 5.32 Å². The van der Waals surface area contributed by atoms with E-state index in [1.54, 1.807) is 50.2 Å². The molecule has 1 atom stereocenters. The molecule has 0 fully saturated rings. The maximum absolute atomic E-state index is 13.8. The van der Waals surface area contributed by atoms with Crippen LogP contribution in [0.15, 0.2) is 83.8 Å². The van der Waals surface area contributed by atoms with Gasteiger partial charge in [-0.05, 0) is 63.1 Å². The summed E-state index contributed by atoms with van der Waals surface area (Å²) in [7, 11) is -4.13. The minimum absolute atomic E-state index is 0.0439.